The molecule has 2 aromatic rings. The van der Waals surface area contributed by atoms with Crippen LogP contribution in [0.15, 0.2) is 60.7 Å². The fraction of sp³-hybridized carbons (Fsp3) is 0.235. The van der Waals surface area contributed by atoms with Crippen molar-refractivity contribution in [2.75, 3.05) is 5.32 Å². The number of hydrogen-bond donors (Lipinski definition) is 2. The maximum Gasteiger partial charge on any atom is 0.247 e. The lowest BCUT2D eigenvalue weighted by Crippen LogP contribution is -2.34. The summed E-state index contributed by atoms with van der Waals surface area (Å²) < 4.78 is 0. The highest BCUT2D eigenvalue weighted by Crippen LogP contribution is 2.23. The molecule has 0 heterocycles. The van der Waals surface area contributed by atoms with E-state index in [0.29, 0.717) is 6.04 Å². The molecule has 0 bridgehead atoms. The molecule has 2 aromatic carbocycles. The number of amides is 1. The number of nitrogens with one attached hydrogen (secondary N) is 2. The van der Waals surface area contributed by atoms with E-state index >= 15 is 0 Å². The molecule has 3 nitrogen and oxygen atoms in total. The first kappa shape index (κ1) is 12.7. The molecule has 0 spiro atoms. The minimum atomic E-state index is -0.348. The lowest BCUT2D eigenvalue weighted by atomic mass is 10.1. The summed E-state index contributed by atoms with van der Waals surface area (Å²) in [6, 6.07) is 19.7. The van der Waals surface area contributed by atoms with Crippen molar-refractivity contribution in [1.82, 2.24) is 5.32 Å². The van der Waals surface area contributed by atoms with Crippen molar-refractivity contribution >= 4 is 11.6 Å². The number of carbonyl (C=O) groups excluding carboxylic acids is 1. The Morgan fingerprint density at radius 1 is 0.950 bits per heavy atom. The van der Waals surface area contributed by atoms with E-state index in [2.05, 4.69) is 10.6 Å². The zero-order valence-electron chi connectivity index (χ0n) is 11.3. The van der Waals surface area contributed by atoms with Gasteiger partial charge in [0, 0.05) is 11.7 Å². The molecule has 0 aliphatic heterocycles. The molecule has 0 saturated heterocycles. The highest BCUT2D eigenvalue weighted by atomic mass is 16.2. The van der Waals surface area contributed by atoms with Gasteiger partial charge in [-0.05, 0) is 30.5 Å². The monoisotopic (exact) mass is 266 g/mol. The quantitative estimate of drug-likeness (QED) is 0.873. The molecule has 1 amide bonds. The smallest absolute Gasteiger partial charge is 0.247 e. The first-order chi connectivity index (χ1) is 9.83. The van der Waals surface area contributed by atoms with Crippen LogP contribution in [-0.2, 0) is 4.79 Å². The molecule has 1 atom stereocenters. The normalized spacial score (nSPS) is 15.4. The van der Waals surface area contributed by atoms with Crippen molar-refractivity contribution in [3.63, 3.8) is 0 Å². The number of hydrogen-bond acceptors (Lipinski definition) is 2. The van der Waals surface area contributed by atoms with Crippen LogP contribution in [0.25, 0.3) is 0 Å². The first-order valence-corrected chi connectivity index (χ1v) is 7.00. The van der Waals surface area contributed by atoms with Crippen LogP contribution in [0, 0.1) is 0 Å². The van der Waals surface area contributed by atoms with Gasteiger partial charge in [-0.3, -0.25) is 4.79 Å². The van der Waals surface area contributed by atoms with Crippen LogP contribution in [0.2, 0.25) is 0 Å². The van der Waals surface area contributed by atoms with Crippen molar-refractivity contribution in [2.45, 2.75) is 24.9 Å². The number of anilines is 1. The molecule has 3 rings (SSSR count). The largest absolute Gasteiger partial charge is 0.370 e. The Morgan fingerprint density at radius 2 is 1.55 bits per heavy atom. The van der Waals surface area contributed by atoms with Crippen molar-refractivity contribution in [3.8, 4) is 0 Å². The fourth-order valence-electron chi connectivity index (χ4n) is 2.16. The van der Waals surface area contributed by atoms with Crippen LogP contribution in [0.5, 0.6) is 0 Å². The van der Waals surface area contributed by atoms with Gasteiger partial charge >= 0.3 is 0 Å². The number of para-hydroxylation sites is 1. The van der Waals surface area contributed by atoms with E-state index < -0.39 is 0 Å². The molecular weight excluding hydrogens is 248 g/mol. The Morgan fingerprint density at radius 3 is 2.15 bits per heavy atom. The number of carbonyl (C=O) groups is 1. The van der Waals surface area contributed by atoms with E-state index in [1.54, 1.807) is 0 Å². The second-order valence-electron chi connectivity index (χ2n) is 5.14. The average Bonchev–Trinajstić information content (AvgIpc) is 3.30. The van der Waals surface area contributed by atoms with Crippen molar-refractivity contribution in [2.24, 2.45) is 0 Å². The van der Waals surface area contributed by atoms with Crippen LogP contribution >= 0.6 is 0 Å². The standard InChI is InChI=1S/C17H18N2O/c20-17(19-15-11-12-15)16(13-7-3-1-4-8-13)18-14-9-5-2-6-10-14/h1-10,15-16,18H,11-12H2,(H,19,20)/t16-/m0/s1. The molecule has 3 heteroatoms. The summed E-state index contributed by atoms with van der Waals surface area (Å²) in [6.07, 6.45) is 2.19. The lowest BCUT2D eigenvalue weighted by Gasteiger charge is -2.20. The molecule has 1 fully saturated rings. The van der Waals surface area contributed by atoms with Crippen molar-refractivity contribution < 1.29 is 4.79 Å². The summed E-state index contributed by atoms with van der Waals surface area (Å²) in [6.45, 7) is 0. The SMILES string of the molecule is O=C(NC1CC1)[C@@H](Nc1ccccc1)c1ccccc1. The summed E-state index contributed by atoms with van der Waals surface area (Å²) in [5, 5.41) is 6.39. The molecule has 2 N–H and O–H groups in total. The van der Waals surface area contributed by atoms with Gasteiger partial charge in [0.25, 0.3) is 0 Å². The Hall–Kier alpha value is -2.29. The summed E-state index contributed by atoms with van der Waals surface area (Å²) >= 11 is 0. The molecule has 0 radical (unpaired) electrons. The fourth-order valence-corrected chi connectivity index (χ4v) is 2.16. The predicted octanol–water partition coefficient (Wildman–Crippen LogP) is 3.12. The minimum Gasteiger partial charge on any atom is -0.370 e. The maximum absolute atomic E-state index is 12.4. The Bertz CT molecular complexity index is 564. The van der Waals surface area contributed by atoms with Crippen LogP contribution in [0.4, 0.5) is 5.69 Å². The summed E-state index contributed by atoms with van der Waals surface area (Å²) in [7, 11) is 0. The van der Waals surface area contributed by atoms with Gasteiger partial charge in [0.05, 0.1) is 0 Å². The van der Waals surface area contributed by atoms with Crippen LogP contribution < -0.4 is 10.6 Å². The third-order valence-corrected chi connectivity index (χ3v) is 3.40. The molecule has 1 aliphatic carbocycles. The van der Waals surface area contributed by atoms with Gasteiger partial charge in [-0.2, -0.15) is 0 Å². The highest BCUT2D eigenvalue weighted by Gasteiger charge is 2.28. The zero-order valence-corrected chi connectivity index (χ0v) is 11.3. The van der Waals surface area contributed by atoms with Crippen LogP contribution in [-0.4, -0.2) is 11.9 Å². The van der Waals surface area contributed by atoms with E-state index in [9.17, 15) is 4.79 Å². The Kier molecular flexibility index (Phi) is 3.68. The molecule has 102 valence electrons. The van der Waals surface area contributed by atoms with E-state index in [-0.39, 0.29) is 11.9 Å². The number of benzene rings is 2. The van der Waals surface area contributed by atoms with Gasteiger partial charge in [0.15, 0.2) is 0 Å². The molecular formula is C17H18N2O. The summed E-state index contributed by atoms with van der Waals surface area (Å²) in [5.41, 5.74) is 1.93. The lowest BCUT2D eigenvalue weighted by molar-refractivity contribution is -0.122. The van der Waals surface area contributed by atoms with Crippen molar-refractivity contribution in [1.29, 1.82) is 0 Å². The van der Waals surface area contributed by atoms with Crippen LogP contribution in [0.3, 0.4) is 0 Å². The third-order valence-electron chi connectivity index (χ3n) is 3.40. The van der Waals surface area contributed by atoms with Crippen LogP contribution in [0.1, 0.15) is 24.4 Å². The Labute approximate surface area is 119 Å². The number of rotatable bonds is 5. The van der Waals surface area contributed by atoms with Gasteiger partial charge in [0.1, 0.15) is 6.04 Å². The molecule has 1 aliphatic rings. The second-order valence-corrected chi connectivity index (χ2v) is 5.14. The van der Waals surface area contributed by atoms with Gasteiger partial charge in [-0.25, -0.2) is 0 Å². The van der Waals surface area contributed by atoms with E-state index in [0.717, 1.165) is 24.1 Å². The van der Waals surface area contributed by atoms with Gasteiger partial charge < -0.3 is 10.6 Å². The second kappa shape index (κ2) is 5.78. The molecule has 0 aromatic heterocycles. The third kappa shape index (κ3) is 3.18. The summed E-state index contributed by atoms with van der Waals surface area (Å²) in [4.78, 5) is 12.4. The van der Waals surface area contributed by atoms with Gasteiger partial charge in [0.2, 0.25) is 5.91 Å². The van der Waals surface area contributed by atoms with Gasteiger partial charge in [-0.15, -0.1) is 0 Å². The van der Waals surface area contributed by atoms with E-state index in [4.69, 9.17) is 0 Å². The van der Waals surface area contributed by atoms with E-state index in [1.165, 1.54) is 0 Å². The molecule has 0 unspecified atom stereocenters. The average molecular weight is 266 g/mol. The maximum atomic E-state index is 12.4. The minimum absolute atomic E-state index is 0.0440. The highest BCUT2D eigenvalue weighted by molar-refractivity contribution is 5.86. The molecule has 1 saturated carbocycles. The Balaban J connectivity index is 1.81. The molecule has 20 heavy (non-hydrogen) atoms. The topological polar surface area (TPSA) is 41.1 Å². The first-order valence-electron chi connectivity index (χ1n) is 7.00. The predicted molar refractivity (Wildman–Crippen MR) is 80.4 cm³/mol. The zero-order chi connectivity index (χ0) is 13.8. The van der Waals surface area contributed by atoms with Gasteiger partial charge in [-0.1, -0.05) is 48.5 Å². The van der Waals surface area contributed by atoms with Crippen molar-refractivity contribution in [3.05, 3.63) is 66.2 Å². The van der Waals surface area contributed by atoms with E-state index in [1.807, 2.05) is 60.7 Å². The summed E-state index contributed by atoms with van der Waals surface area (Å²) in [5.74, 6) is 0.0440.